The van der Waals surface area contributed by atoms with Gasteiger partial charge in [0.25, 0.3) is 5.91 Å². The maximum Gasteiger partial charge on any atom is 0.251 e. The molecule has 4 heteroatoms. The summed E-state index contributed by atoms with van der Waals surface area (Å²) in [6.07, 6.45) is 0. The van der Waals surface area contributed by atoms with Gasteiger partial charge >= 0.3 is 0 Å². The zero-order valence-electron chi connectivity index (χ0n) is 8.23. The molecule has 0 spiro atoms. The molecule has 3 N–H and O–H groups in total. The Kier molecular flexibility index (Phi) is 3.06. The molecule has 0 aliphatic rings. The molecule has 14 heavy (non-hydrogen) atoms. The first-order valence-electron chi connectivity index (χ1n) is 4.40. The molecule has 0 radical (unpaired) electrons. The van der Waals surface area contributed by atoms with Gasteiger partial charge in [0, 0.05) is 23.4 Å². The number of nitrogens with one attached hydrogen (secondary N) is 1. The second-order valence-electron chi connectivity index (χ2n) is 3.03. The highest BCUT2D eigenvalue weighted by Crippen LogP contribution is 2.17. The molecule has 0 saturated heterocycles. The minimum absolute atomic E-state index is 0.257. The molecule has 76 valence electrons. The number of benzene rings is 1. The lowest BCUT2D eigenvalue weighted by atomic mass is 10.1. The first-order chi connectivity index (χ1) is 6.56. The van der Waals surface area contributed by atoms with Crippen molar-refractivity contribution in [3.8, 4) is 0 Å². The van der Waals surface area contributed by atoms with Gasteiger partial charge in [-0.1, -0.05) is 0 Å². The van der Waals surface area contributed by atoms with Crippen LogP contribution in [0.2, 0.25) is 0 Å². The molecule has 0 fully saturated rings. The Morgan fingerprint density at radius 1 is 1.57 bits per heavy atom. The van der Waals surface area contributed by atoms with Crippen LogP contribution in [0, 0.1) is 12.7 Å². The van der Waals surface area contributed by atoms with Gasteiger partial charge in [-0.05, 0) is 26.0 Å². The van der Waals surface area contributed by atoms with E-state index in [2.05, 4.69) is 5.32 Å². The van der Waals surface area contributed by atoms with Gasteiger partial charge in [-0.2, -0.15) is 0 Å². The van der Waals surface area contributed by atoms with E-state index in [9.17, 15) is 9.18 Å². The zero-order valence-corrected chi connectivity index (χ0v) is 8.23. The normalized spacial score (nSPS) is 9.93. The number of carbonyl (C=O) groups is 1. The van der Waals surface area contributed by atoms with Crippen molar-refractivity contribution in [3.05, 3.63) is 29.1 Å². The summed E-state index contributed by atoms with van der Waals surface area (Å²) in [4.78, 5) is 11.3. The van der Waals surface area contributed by atoms with Crippen molar-refractivity contribution in [2.75, 3.05) is 12.3 Å². The Morgan fingerprint density at radius 3 is 2.71 bits per heavy atom. The van der Waals surface area contributed by atoms with Crippen LogP contribution in [0.25, 0.3) is 0 Å². The molecular formula is C10H13FN2O. The smallest absolute Gasteiger partial charge is 0.251 e. The lowest BCUT2D eigenvalue weighted by molar-refractivity contribution is 0.0955. The summed E-state index contributed by atoms with van der Waals surface area (Å²) in [6, 6.07) is 2.67. The van der Waals surface area contributed by atoms with E-state index >= 15 is 0 Å². The van der Waals surface area contributed by atoms with Gasteiger partial charge in [-0.25, -0.2) is 4.39 Å². The van der Waals surface area contributed by atoms with Crippen molar-refractivity contribution in [2.24, 2.45) is 0 Å². The summed E-state index contributed by atoms with van der Waals surface area (Å²) in [6.45, 7) is 3.88. The number of nitrogen functional groups attached to an aromatic ring is 1. The van der Waals surface area contributed by atoms with E-state index in [4.69, 9.17) is 5.73 Å². The lowest BCUT2D eigenvalue weighted by Gasteiger charge is -2.06. The zero-order chi connectivity index (χ0) is 10.7. The van der Waals surface area contributed by atoms with Crippen molar-refractivity contribution in [1.29, 1.82) is 0 Å². The highest BCUT2D eigenvalue weighted by molar-refractivity contribution is 5.95. The molecule has 0 unspecified atom stereocenters. The number of hydrogen-bond donors (Lipinski definition) is 2. The molecule has 1 aromatic rings. The van der Waals surface area contributed by atoms with Crippen LogP contribution < -0.4 is 11.1 Å². The highest BCUT2D eigenvalue weighted by Gasteiger charge is 2.09. The van der Waals surface area contributed by atoms with E-state index in [1.165, 1.54) is 12.1 Å². The molecule has 0 aliphatic heterocycles. The fourth-order valence-corrected chi connectivity index (χ4v) is 1.09. The van der Waals surface area contributed by atoms with E-state index in [1.54, 1.807) is 13.8 Å². The first-order valence-corrected chi connectivity index (χ1v) is 4.40. The molecule has 1 amide bonds. The Hall–Kier alpha value is -1.58. The van der Waals surface area contributed by atoms with Crippen LogP contribution in [0.4, 0.5) is 10.1 Å². The summed E-state index contributed by atoms with van der Waals surface area (Å²) >= 11 is 0. The van der Waals surface area contributed by atoms with Crippen molar-refractivity contribution < 1.29 is 9.18 Å². The molecule has 1 rings (SSSR count). The van der Waals surface area contributed by atoms with Gasteiger partial charge < -0.3 is 11.1 Å². The van der Waals surface area contributed by atoms with E-state index in [-0.39, 0.29) is 11.5 Å². The fourth-order valence-electron chi connectivity index (χ4n) is 1.09. The van der Waals surface area contributed by atoms with Crippen molar-refractivity contribution in [2.45, 2.75) is 13.8 Å². The Labute approximate surface area is 82.1 Å². The first kappa shape index (κ1) is 10.5. The number of carbonyl (C=O) groups excluding carboxylic acids is 1. The second-order valence-corrected chi connectivity index (χ2v) is 3.03. The van der Waals surface area contributed by atoms with Crippen LogP contribution in [-0.4, -0.2) is 12.5 Å². The number of hydrogen-bond acceptors (Lipinski definition) is 2. The predicted molar refractivity (Wildman–Crippen MR) is 53.6 cm³/mol. The second kappa shape index (κ2) is 4.09. The van der Waals surface area contributed by atoms with E-state index in [1.807, 2.05) is 0 Å². The van der Waals surface area contributed by atoms with Gasteiger partial charge in [0.15, 0.2) is 0 Å². The summed E-state index contributed by atoms with van der Waals surface area (Å²) in [5.74, 6) is -0.760. The topological polar surface area (TPSA) is 55.1 Å². The average molecular weight is 196 g/mol. The highest BCUT2D eigenvalue weighted by atomic mass is 19.1. The lowest BCUT2D eigenvalue weighted by Crippen LogP contribution is -2.23. The molecule has 3 nitrogen and oxygen atoms in total. The Bertz CT molecular complexity index is 340. The minimum atomic E-state index is -0.453. The van der Waals surface area contributed by atoms with Gasteiger partial charge in [-0.3, -0.25) is 4.79 Å². The number of amides is 1. The maximum absolute atomic E-state index is 13.2. The molecule has 0 bridgehead atoms. The third-order valence-corrected chi connectivity index (χ3v) is 1.98. The van der Waals surface area contributed by atoms with Crippen LogP contribution >= 0.6 is 0 Å². The number of halogens is 1. The van der Waals surface area contributed by atoms with Gasteiger partial charge in [0.05, 0.1) is 0 Å². The largest absolute Gasteiger partial charge is 0.398 e. The summed E-state index contributed by atoms with van der Waals surface area (Å²) in [7, 11) is 0. The monoisotopic (exact) mass is 196 g/mol. The third-order valence-electron chi connectivity index (χ3n) is 1.98. The standard InChI is InChI=1S/C10H13FN2O/c1-3-13-10(14)7-4-8(11)6(2)9(12)5-7/h4-5H,3,12H2,1-2H3,(H,13,14). The van der Waals surface area contributed by atoms with Crippen molar-refractivity contribution >= 4 is 11.6 Å². The van der Waals surface area contributed by atoms with Crippen LogP contribution in [0.5, 0.6) is 0 Å². The number of rotatable bonds is 2. The third kappa shape index (κ3) is 2.02. The molecule has 0 atom stereocenters. The van der Waals surface area contributed by atoms with Crippen molar-refractivity contribution in [3.63, 3.8) is 0 Å². The average Bonchev–Trinajstić information content (AvgIpc) is 2.13. The summed E-state index contributed by atoms with van der Waals surface area (Å²) in [5.41, 5.74) is 6.46. The predicted octanol–water partition coefficient (Wildman–Crippen LogP) is 1.47. The van der Waals surface area contributed by atoms with E-state index < -0.39 is 5.82 Å². The molecular weight excluding hydrogens is 183 g/mol. The van der Waals surface area contributed by atoms with E-state index in [0.29, 0.717) is 17.8 Å². The molecule has 0 aromatic heterocycles. The molecule has 1 aromatic carbocycles. The number of nitrogens with two attached hydrogens (primary N) is 1. The van der Waals surface area contributed by atoms with Crippen LogP contribution in [0.1, 0.15) is 22.8 Å². The van der Waals surface area contributed by atoms with E-state index in [0.717, 1.165) is 0 Å². The molecule has 0 aliphatic carbocycles. The van der Waals surface area contributed by atoms with Gasteiger partial charge in [-0.15, -0.1) is 0 Å². The summed E-state index contributed by atoms with van der Waals surface area (Å²) < 4.78 is 13.2. The van der Waals surface area contributed by atoms with Crippen LogP contribution in [-0.2, 0) is 0 Å². The maximum atomic E-state index is 13.2. The molecule has 0 heterocycles. The van der Waals surface area contributed by atoms with Crippen LogP contribution in [0.15, 0.2) is 12.1 Å². The van der Waals surface area contributed by atoms with Crippen molar-refractivity contribution in [1.82, 2.24) is 5.32 Å². The fraction of sp³-hybridized carbons (Fsp3) is 0.300. The van der Waals surface area contributed by atoms with Gasteiger partial charge in [0.1, 0.15) is 5.82 Å². The Balaban J connectivity index is 3.06. The SMILES string of the molecule is CCNC(=O)c1cc(N)c(C)c(F)c1. The number of anilines is 1. The minimum Gasteiger partial charge on any atom is -0.398 e. The van der Waals surface area contributed by atoms with Crippen LogP contribution in [0.3, 0.4) is 0 Å². The van der Waals surface area contributed by atoms with Gasteiger partial charge in [0.2, 0.25) is 0 Å². The summed E-state index contributed by atoms with van der Waals surface area (Å²) in [5, 5.41) is 2.57. The Morgan fingerprint density at radius 2 is 2.21 bits per heavy atom. The quantitative estimate of drug-likeness (QED) is 0.704. The molecule has 0 saturated carbocycles.